The Labute approximate surface area is 122 Å². The largest absolute Gasteiger partial charge is 0.349 e. The average molecular weight is 276 g/mol. The second kappa shape index (κ2) is 6.89. The number of nitrogens with two attached hydrogens (primary N) is 1. The Morgan fingerprint density at radius 1 is 1.30 bits per heavy atom. The predicted molar refractivity (Wildman–Crippen MR) is 84.7 cm³/mol. The summed E-state index contributed by atoms with van der Waals surface area (Å²) < 4.78 is 0. The van der Waals surface area contributed by atoms with Crippen LogP contribution in [0.1, 0.15) is 51.2 Å². The van der Waals surface area contributed by atoms with E-state index in [1.807, 2.05) is 19.1 Å². The van der Waals surface area contributed by atoms with Crippen molar-refractivity contribution in [3.8, 4) is 0 Å². The van der Waals surface area contributed by atoms with E-state index in [2.05, 4.69) is 45.1 Å². The molecular weight excluding hydrogens is 248 g/mol. The molecule has 1 amide bonds. The molecule has 112 valence electrons. The molecule has 0 saturated carbocycles. The number of nitrogens with one attached hydrogen (secondary N) is 1. The first-order valence-corrected chi connectivity index (χ1v) is 7.36. The second-order valence-electron chi connectivity index (χ2n) is 6.29. The summed E-state index contributed by atoms with van der Waals surface area (Å²) in [6.07, 6.45) is 0.493. The first-order valence-electron chi connectivity index (χ1n) is 7.36. The molecule has 0 aliphatic heterocycles. The lowest BCUT2D eigenvalue weighted by Crippen LogP contribution is -2.55. The van der Waals surface area contributed by atoms with Gasteiger partial charge in [-0.1, -0.05) is 45.0 Å². The normalized spacial score (nSPS) is 15.8. The number of aryl methyl sites for hydroxylation is 1. The van der Waals surface area contributed by atoms with Crippen LogP contribution in [-0.4, -0.2) is 18.0 Å². The second-order valence-corrected chi connectivity index (χ2v) is 6.29. The lowest BCUT2D eigenvalue weighted by molar-refractivity contribution is -0.123. The molecule has 1 rings (SSSR count). The van der Waals surface area contributed by atoms with E-state index in [4.69, 9.17) is 5.73 Å². The van der Waals surface area contributed by atoms with Crippen molar-refractivity contribution in [2.45, 2.75) is 52.5 Å². The molecule has 20 heavy (non-hydrogen) atoms. The van der Waals surface area contributed by atoms with E-state index in [1.165, 1.54) is 11.1 Å². The summed E-state index contributed by atoms with van der Waals surface area (Å²) in [5.41, 5.74) is 7.95. The SMILES string of the molecule is Cc1ccccc1C(C)CC(=O)NC(C)(CN)C(C)C. The maximum atomic E-state index is 12.3. The van der Waals surface area contributed by atoms with Gasteiger partial charge in [-0.2, -0.15) is 0 Å². The molecule has 2 unspecified atom stereocenters. The van der Waals surface area contributed by atoms with Crippen LogP contribution in [0.25, 0.3) is 0 Å². The number of amides is 1. The molecule has 2 atom stereocenters. The molecule has 0 bridgehead atoms. The lowest BCUT2D eigenvalue weighted by atomic mass is 9.87. The molecule has 0 aromatic heterocycles. The highest BCUT2D eigenvalue weighted by molar-refractivity contribution is 5.77. The van der Waals surface area contributed by atoms with E-state index in [1.54, 1.807) is 0 Å². The third kappa shape index (κ3) is 4.07. The molecule has 0 aliphatic carbocycles. The molecular formula is C17H28N2O. The van der Waals surface area contributed by atoms with Crippen LogP contribution in [0.2, 0.25) is 0 Å². The van der Waals surface area contributed by atoms with Gasteiger partial charge in [0.25, 0.3) is 0 Å². The smallest absolute Gasteiger partial charge is 0.221 e. The van der Waals surface area contributed by atoms with Gasteiger partial charge >= 0.3 is 0 Å². The van der Waals surface area contributed by atoms with E-state index < -0.39 is 0 Å². The molecule has 3 heteroatoms. The Kier molecular flexibility index (Phi) is 5.75. The van der Waals surface area contributed by atoms with Gasteiger partial charge in [0.2, 0.25) is 5.91 Å². The van der Waals surface area contributed by atoms with Crippen LogP contribution in [-0.2, 0) is 4.79 Å². The van der Waals surface area contributed by atoms with Crippen molar-refractivity contribution in [3.05, 3.63) is 35.4 Å². The van der Waals surface area contributed by atoms with Crippen LogP contribution in [0, 0.1) is 12.8 Å². The highest BCUT2D eigenvalue weighted by Crippen LogP contribution is 2.23. The van der Waals surface area contributed by atoms with Crippen molar-refractivity contribution >= 4 is 5.91 Å². The molecule has 3 N–H and O–H groups in total. The van der Waals surface area contributed by atoms with Gasteiger partial charge in [-0.25, -0.2) is 0 Å². The van der Waals surface area contributed by atoms with Crippen molar-refractivity contribution in [2.24, 2.45) is 11.7 Å². The van der Waals surface area contributed by atoms with Crippen LogP contribution in [0.3, 0.4) is 0 Å². The lowest BCUT2D eigenvalue weighted by Gasteiger charge is -2.34. The van der Waals surface area contributed by atoms with E-state index in [9.17, 15) is 4.79 Å². The Balaban J connectivity index is 2.70. The van der Waals surface area contributed by atoms with Crippen molar-refractivity contribution in [3.63, 3.8) is 0 Å². The monoisotopic (exact) mass is 276 g/mol. The minimum Gasteiger partial charge on any atom is -0.349 e. The van der Waals surface area contributed by atoms with Crippen molar-refractivity contribution < 1.29 is 4.79 Å². The molecule has 0 saturated heterocycles. The van der Waals surface area contributed by atoms with Crippen LogP contribution in [0.5, 0.6) is 0 Å². The summed E-state index contributed by atoms with van der Waals surface area (Å²) in [6, 6.07) is 8.23. The zero-order valence-corrected chi connectivity index (χ0v) is 13.4. The summed E-state index contributed by atoms with van der Waals surface area (Å²) in [5.74, 6) is 0.595. The summed E-state index contributed by atoms with van der Waals surface area (Å²) in [4.78, 5) is 12.3. The maximum Gasteiger partial charge on any atom is 0.221 e. The zero-order valence-electron chi connectivity index (χ0n) is 13.4. The predicted octanol–water partition coefficient (Wildman–Crippen LogP) is 2.98. The van der Waals surface area contributed by atoms with E-state index in [-0.39, 0.29) is 17.4 Å². The van der Waals surface area contributed by atoms with Gasteiger partial charge in [-0.15, -0.1) is 0 Å². The number of carbonyl (C=O) groups is 1. The number of carbonyl (C=O) groups excluding carboxylic acids is 1. The minimum absolute atomic E-state index is 0.0717. The van der Waals surface area contributed by atoms with Gasteiger partial charge in [0, 0.05) is 13.0 Å². The molecule has 1 aromatic rings. The summed E-state index contributed by atoms with van der Waals surface area (Å²) in [6.45, 7) is 10.8. The zero-order chi connectivity index (χ0) is 15.3. The molecule has 0 fully saturated rings. The van der Waals surface area contributed by atoms with Crippen molar-refractivity contribution in [1.82, 2.24) is 5.32 Å². The summed E-state index contributed by atoms with van der Waals surface area (Å²) >= 11 is 0. The first kappa shape index (κ1) is 16.7. The topological polar surface area (TPSA) is 55.1 Å². The Morgan fingerprint density at radius 3 is 2.40 bits per heavy atom. The molecule has 0 aliphatic rings. The van der Waals surface area contributed by atoms with Crippen molar-refractivity contribution in [1.29, 1.82) is 0 Å². The number of hydrogen-bond donors (Lipinski definition) is 2. The molecule has 0 radical (unpaired) electrons. The molecule has 0 heterocycles. The highest BCUT2D eigenvalue weighted by Gasteiger charge is 2.29. The van der Waals surface area contributed by atoms with Crippen molar-refractivity contribution in [2.75, 3.05) is 6.54 Å². The van der Waals surface area contributed by atoms with Gasteiger partial charge < -0.3 is 11.1 Å². The first-order chi connectivity index (χ1) is 9.30. The van der Waals surface area contributed by atoms with Crippen LogP contribution < -0.4 is 11.1 Å². The van der Waals surface area contributed by atoms with Crippen LogP contribution in [0.4, 0.5) is 0 Å². The third-order valence-electron chi connectivity index (χ3n) is 4.33. The fourth-order valence-electron chi connectivity index (χ4n) is 2.33. The van der Waals surface area contributed by atoms with Gasteiger partial charge in [0.1, 0.15) is 0 Å². The molecule has 1 aromatic carbocycles. The summed E-state index contributed by atoms with van der Waals surface area (Å²) in [5, 5.41) is 3.10. The third-order valence-corrected chi connectivity index (χ3v) is 4.33. The summed E-state index contributed by atoms with van der Waals surface area (Å²) in [7, 11) is 0. The number of rotatable bonds is 6. The molecule has 3 nitrogen and oxygen atoms in total. The highest BCUT2D eigenvalue weighted by atomic mass is 16.1. The Bertz CT molecular complexity index is 456. The maximum absolute atomic E-state index is 12.3. The average Bonchev–Trinajstić information content (AvgIpc) is 2.38. The fraction of sp³-hybridized carbons (Fsp3) is 0.588. The minimum atomic E-state index is -0.331. The standard InChI is InChI=1S/C17H28N2O/c1-12(2)17(5,11-18)19-16(20)10-14(4)15-9-7-6-8-13(15)3/h6-9,12,14H,10-11,18H2,1-5H3,(H,19,20). The molecule has 0 spiro atoms. The van der Waals surface area contributed by atoms with Gasteiger partial charge in [-0.3, -0.25) is 4.79 Å². The van der Waals surface area contributed by atoms with Gasteiger partial charge in [-0.05, 0) is 36.8 Å². The number of hydrogen-bond acceptors (Lipinski definition) is 2. The van der Waals surface area contributed by atoms with E-state index in [0.29, 0.717) is 18.9 Å². The van der Waals surface area contributed by atoms with Crippen LogP contribution in [0.15, 0.2) is 24.3 Å². The van der Waals surface area contributed by atoms with Gasteiger partial charge in [0.15, 0.2) is 0 Å². The Morgan fingerprint density at radius 2 is 1.90 bits per heavy atom. The Hall–Kier alpha value is -1.35. The number of benzene rings is 1. The van der Waals surface area contributed by atoms with E-state index >= 15 is 0 Å². The van der Waals surface area contributed by atoms with Gasteiger partial charge in [0.05, 0.1) is 5.54 Å². The fourth-order valence-corrected chi connectivity index (χ4v) is 2.33. The quantitative estimate of drug-likeness (QED) is 0.839. The van der Waals surface area contributed by atoms with E-state index in [0.717, 1.165) is 0 Å². The van der Waals surface area contributed by atoms with Crippen LogP contribution >= 0.6 is 0 Å².